The van der Waals surface area contributed by atoms with Gasteiger partial charge in [0.15, 0.2) is 0 Å². The smallest absolute Gasteiger partial charge is 0.0705 e. The number of thioether (sulfide) groups is 1. The van der Waals surface area contributed by atoms with Crippen LogP contribution in [0.5, 0.6) is 0 Å². The molecule has 0 saturated carbocycles. The van der Waals surface area contributed by atoms with E-state index in [-0.39, 0.29) is 6.10 Å². The maximum atomic E-state index is 5.47. The van der Waals surface area contributed by atoms with E-state index in [1.54, 1.807) is 0 Å². The van der Waals surface area contributed by atoms with E-state index >= 15 is 0 Å². The predicted octanol–water partition coefficient (Wildman–Crippen LogP) is 1.10. The van der Waals surface area contributed by atoms with E-state index in [4.69, 9.17) is 10.5 Å². The Morgan fingerprint density at radius 3 is 2.70 bits per heavy atom. The van der Waals surface area contributed by atoms with Crippen molar-refractivity contribution < 1.29 is 4.74 Å². The van der Waals surface area contributed by atoms with Crippen LogP contribution in [0.3, 0.4) is 0 Å². The van der Waals surface area contributed by atoms with Crippen LogP contribution in [-0.4, -0.2) is 31.3 Å². The Balaban J connectivity index is 3.21. The molecule has 0 aliphatic carbocycles. The first-order valence-corrected chi connectivity index (χ1v) is 5.05. The number of hydrogen-bond donors (Lipinski definition) is 1. The molecule has 0 aromatic carbocycles. The second-order valence-electron chi connectivity index (χ2n) is 2.09. The lowest BCUT2D eigenvalue weighted by Gasteiger charge is -2.13. The van der Waals surface area contributed by atoms with Gasteiger partial charge in [0.2, 0.25) is 0 Å². The van der Waals surface area contributed by atoms with Crippen molar-refractivity contribution >= 4 is 11.8 Å². The summed E-state index contributed by atoms with van der Waals surface area (Å²) in [5.74, 6) is 1.14. The molecule has 0 radical (unpaired) electrons. The van der Waals surface area contributed by atoms with Crippen LogP contribution >= 0.6 is 11.8 Å². The Hall–Kier alpha value is 0.270. The lowest BCUT2D eigenvalue weighted by molar-refractivity contribution is 0.0674. The normalized spacial score (nSPS) is 13.5. The molecular weight excluding hydrogens is 146 g/mol. The van der Waals surface area contributed by atoms with Gasteiger partial charge in [-0.25, -0.2) is 0 Å². The zero-order chi connectivity index (χ0) is 7.82. The van der Waals surface area contributed by atoms with Crippen molar-refractivity contribution in [1.82, 2.24) is 0 Å². The van der Waals surface area contributed by atoms with E-state index in [9.17, 15) is 0 Å². The quantitative estimate of drug-likeness (QED) is 0.637. The second kappa shape index (κ2) is 7.38. The largest absolute Gasteiger partial charge is 0.377 e. The summed E-state index contributed by atoms with van der Waals surface area (Å²) in [5.41, 5.74) is 5.47. The Bertz CT molecular complexity index is 70.6. The molecule has 0 aliphatic heterocycles. The van der Waals surface area contributed by atoms with Crippen molar-refractivity contribution in [1.29, 1.82) is 0 Å². The minimum atomic E-state index is 0.275. The molecule has 10 heavy (non-hydrogen) atoms. The van der Waals surface area contributed by atoms with Crippen LogP contribution in [0.25, 0.3) is 0 Å². The van der Waals surface area contributed by atoms with Gasteiger partial charge in [0.05, 0.1) is 6.10 Å². The Morgan fingerprint density at radius 2 is 2.30 bits per heavy atom. The number of nitrogens with two attached hydrogens (primary N) is 1. The summed E-state index contributed by atoms with van der Waals surface area (Å²) >= 11 is 1.84. The fourth-order valence-electron chi connectivity index (χ4n) is 0.754. The SMILES string of the molecule is CCOC(CN)CCSC. The van der Waals surface area contributed by atoms with Crippen LogP contribution in [0.15, 0.2) is 0 Å². The van der Waals surface area contributed by atoms with Crippen molar-refractivity contribution in [2.45, 2.75) is 19.4 Å². The van der Waals surface area contributed by atoms with Gasteiger partial charge < -0.3 is 10.5 Å². The Kier molecular flexibility index (Phi) is 7.58. The van der Waals surface area contributed by atoms with Crippen molar-refractivity contribution in [2.75, 3.05) is 25.2 Å². The summed E-state index contributed by atoms with van der Waals surface area (Å²) in [7, 11) is 0. The van der Waals surface area contributed by atoms with Crippen LogP contribution in [-0.2, 0) is 4.74 Å². The topological polar surface area (TPSA) is 35.2 Å². The highest BCUT2D eigenvalue weighted by Gasteiger charge is 2.03. The summed E-state index contributed by atoms with van der Waals surface area (Å²) in [6, 6.07) is 0. The molecule has 0 fully saturated rings. The standard InChI is InChI=1S/C7H17NOS/c1-3-9-7(6-8)4-5-10-2/h7H,3-6,8H2,1-2H3. The molecule has 0 aromatic heterocycles. The fourth-order valence-corrected chi connectivity index (χ4v) is 1.25. The van der Waals surface area contributed by atoms with E-state index in [1.807, 2.05) is 18.7 Å². The van der Waals surface area contributed by atoms with Crippen LogP contribution < -0.4 is 5.73 Å². The van der Waals surface area contributed by atoms with Crippen molar-refractivity contribution in [3.8, 4) is 0 Å². The fraction of sp³-hybridized carbons (Fsp3) is 1.00. The summed E-state index contributed by atoms with van der Waals surface area (Å²) < 4.78 is 5.35. The van der Waals surface area contributed by atoms with Gasteiger partial charge >= 0.3 is 0 Å². The molecule has 0 aromatic rings. The van der Waals surface area contributed by atoms with Gasteiger partial charge in [0.25, 0.3) is 0 Å². The summed E-state index contributed by atoms with van der Waals surface area (Å²) in [4.78, 5) is 0. The molecule has 1 unspecified atom stereocenters. The highest BCUT2D eigenvalue weighted by Crippen LogP contribution is 2.02. The van der Waals surface area contributed by atoms with E-state index in [1.165, 1.54) is 0 Å². The first kappa shape index (κ1) is 10.3. The van der Waals surface area contributed by atoms with Gasteiger partial charge in [0, 0.05) is 13.2 Å². The van der Waals surface area contributed by atoms with Crippen molar-refractivity contribution in [3.05, 3.63) is 0 Å². The average Bonchev–Trinajstić information content (AvgIpc) is 1.98. The van der Waals surface area contributed by atoms with E-state index < -0.39 is 0 Å². The van der Waals surface area contributed by atoms with Gasteiger partial charge in [-0.15, -0.1) is 0 Å². The highest BCUT2D eigenvalue weighted by molar-refractivity contribution is 7.98. The molecule has 2 nitrogen and oxygen atoms in total. The number of rotatable bonds is 6. The first-order valence-electron chi connectivity index (χ1n) is 3.65. The van der Waals surface area contributed by atoms with Crippen LogP contribution in [0.4, 0.5) is 0 Å². The van der Waals surface area contributed by atoms with E-state index in [2.05, 4.69) is 6.26 Å². The molecule has 0 bridgehead atoms. The van der Waals surface area contributed by atoms with Gasteiger partial charge in [-0.1, -0.05) is 0 Å². The molecule has 0 amide bonds. The van der Waals surface area contributed by atoms with E-state index in [0.717, 1.165) is 18.8 Å². The Morgan fingerprint density at radius 1 is 1.60 bits per heavy atom. The van der Waals surface area contributed by atoms with Crippen molar-refractivity contribution in [2.24, 2.45) is 5.73 Å². The number of hydrogen-bond acceptors (Lipinski definition) is 3. The summed E-state index contributed by atoms with van der Waals surface area (Å²) in [6.45, 7) is 3.42. The zero-order valence-electron chi connectivity index (χ0n) is 6.80. The molecule has 2 N–H and O–H groups in total. The monoisotopic (exact) mass is 163 g/mol. The molecule has 0 heterocycles. The molecular formula is C7H17NOS. The van der Waals surface area contributed by atoms with Gasteiger partial charge in [-0.3, -0.25) is 0 Å². The van der Waals surface area contributed by atoms with Crippen molar-refractivity contribution in [3.63, 3.8) is 0 Å². The third-order valence-corrected chi connectivity index (χ3v) is 1.95. The molecule has 62 valence electrons. The minimum absolute atomic E-state index is 0.275. The molecule has 0 rings (SSSR count). The molecule has 0 saturated heterocycles. The number of ether oxygens (including phenoxy) is 1. The highest BCUT2D eigenvalue weighted by atomic mass is 32.2. The molecule has 0 aliphatic rings. The van der Waals surface area contributed by atoms with Crippen LogP contribution in [0, 0.1) is 0 Å². The summed E-state index contributed by atoms with van der Waals surface area (Å²) in [5, 5.41) is 0. The Labute approximate surface area is 67.5 Å². The molecule has 0 spiro atoms. The van der Waals surface area contributed by atoms with Crippen LogP contribution in [0.1, 0.15) is 13.3 Å². The van der Waals surface area contributed by atoms with E-state index in [0.29, 0.717) is 6.54 Å². The van der Waals surface area contributed by atoms with Gasteiger partial charge in [0.1, 0.15) is 0 Å². The lowest BCUT2D eigenvalue weighted by atomic mass is 10.3. The predicted molar refractivity (Wildman–Crippen MR) is 47.5 cm³/mol. The first-order chi connectivity index (χ1) is 4.85. The molecule has 1 atom stereocenters. The summed E-state index contributed by atoms with van der Waals surface area (Å²) in [6.07, 6.45) is 3.45. The van der Waals surface area contributed by atoms with Gasteiger partial charge in [-0.05, 0) is 25.4 Å². The average molecular weight is 163 g/mol. The second-order valence-corrected chi connectivity index (χ2v) is 3.08. The maximum Gasteiger partial charge on any atom is 0.0705 e. The third-order valence-electron chi connectivity index (χ3n) is 1.31. The van der Waals surface area contributed by atoms with Crippen LogP contribution in [0.2, 0.25) is 0 Å². The minimum Gasteiger partial charge on any atom is -0.377 e. The third kappa shape index (κ3) is 5.09. The van der Waals surface area contributed by atoms with Gasteiger partial charge in [-0.2, -0.15) is 11.8 Å². The zero-order valence-corrected chi connectivity index (χ0v) is 7.62. The lowest BCUT2D eigenvalue weighted by Crippen LogP contribution is -2.24. The molecule has 3 heteroatoms. The maximum absolute atomic E-state index is 5.47.